The molecule has 0 radical (unpaired) electrons. The monoisotopic (exact) mass is 374 g/mol. The largest absolute Gasteiger partial charge is 0.325 e. The maximum atomic E-state index is 12.0. The van der Waals surface area contributed by atoms with Crippen LogP contribution in [0.25, 0.3) is 0 Å². The van der Waals surface area contributed by atoms with Crippen LogP contribution in [-0.4, -0.2) is 26.8 Å². The Morgan fingerprint density at radius 3 is 2.92 bits per heavy atom. The molecule has 2 heterocycles. The smallest absolute Gasteiger partial charge is 0.234 e. The van der Waals surface area contributed by atoms with Crippen LogP contribution in [0.4, 0.5) is 5.69 Å². The van der Waals surface area contributed by atoms with E-state index in [1.165, 1.54) is 23.1 Å². The summed E-state index contributed by atoms with van der Waals surface area (Å²) < 4.78 is 0.797. The third-order valence-corrected chi connectivity index (χ3v) is 5.78. The van der Waals surface area contributed by atoms with E-state index in [-0.39, 0.29) is 5.91 Å². The molecule has 0 spiro atoms. The average molecular weight is 375 g/mol. The molecule has 0 saturated heterocycles. The molecule has 24 heavy (non-hydrogen) atoms. The highest BCUT2D eigenvalue weighted by atomic mass is 32.2. The Labute approximate surface area is 152 Å². The quantitative estimate of drug-likeness (QED) is 0.632. The fourth-order valence-electron chi connectivity index (χ4n) is 1.88. The Hall–Kier alpha value is -1.90. The summed E-state index contributed by atoms with van der Waals surface area (Å²) in [6, 6.07) is 13.7. The summed E-state index contributed by atoms with van der Waals surface area (Å²) in [5.74, 6) is 1.08. The molecule has 1 N–H and O–H groups in total. The lowest BCUT2D eigenvalue weighted by Gasteiger charge is -2.07. The summed E-state index contributed by atoms with van der Waals surface area (Å²) in [5, 5.41) is 11.6. The van der Waals surface area contributed by atoms with Gasteiger partial charge < -0.3 is 5.32 Å². The van der Waals surface area contributed by atoms with E-state index in [1.54, 1.807) is 23.5 Å². The Bertz CT molecular complexity index is 781. The van der Waals surface area contributed by atoms with Gasteiger partial charge in [0.15, 0.2) is 4.34 Å². The van der Waals surface area contributed by atoms with Crippen LogP contribution in [0.1, 0.15) is 5.56 Å². The van der Waals surface area contributed by atoms with Crippen LogP contribution < -0.4 is 5.32 Å². The fourth-order valence-corrected chi connectivity index (χ4v) is 3.97. The van der Waals surface area contributed by atoms with Crippen molar-refractivity contribution in [3.8, 4) is 0 Å². The molecule has 5 nitrogen and oxygen atoms in total. The number of hydrogen-bond acceptors (Lipinski definition) is 7. The Balaban J connectivity index is 1.51. The van der Waals surface area contributed by atoms with E-state index >= 15 is 0 Å². The van der Waals surface area contributed by atoms with E-state index in [0.29, 0.717) is 5.75 Å². The van der Waals surface area contributed by atoms with E-state index in [0.717, 1.165) is 26.4 Å². The molecule has 0 unspecified atom stereocenters. The first-order valence-electron chi connectivity index (χ1n) is 7.11. The predicted molar refractivity (Wildman–Crippen MR) is 99.5 cm³/mol. The number of benzene rings is 1. The van der Waals surface area contributed by atoms with Crippen molar-refractivity contribution in [1.29, 1.82) is 0 Å². The molecule has 1 amide bonds. The van der Waals surface area contributed by atoms with E-state index in [1.807, 2.05) is 42.5 Å². The van der Waals surface area contributed by atoms with Crippen molar-refractivity contribution in [3.05, 3.63) is 59.7 Å². The first-order valence-corrected chi connectivity index (χ1v) is 9.96. The van der Waals surface area contributed by atoms with Gasteiger partial charge in [0, 0.05) is 17.6 Å². The number of hydrogen-bond donors (Lipinski definition) is 1. The highest BCUT2D eigenvalue weighted by Gasteiger charge is 2.06. The van der Waals surface area contributed by atoms with Crippen molar-refractivity contribution in [3.63, 3.8) is 0 Å². The zero-order chi connectivity index (χ0) is 16.6. The number of anilines is 1. The summed E-state index contributed by atoms with van der Waals surface area (Å²) >= 11 is 4.48. The van der Waals surface area contributed by atoms with Gasteiger partial charge >= 0.3 is 0 Å². The number of amides is 1. The molecule has 0 aliphatic heterocycles. The third kappa shape index (κ3) is 5.33. The average Bonchev–Trinajstić information content (AvgIpc) is 3.13. The Kier molecular flexibility index (Phi) is 6.22. The van der Waals surface area contributed by atoms with Crippen LogP contribution >= 0.6 is 34.9 Å². The first-order chi connectivity index (χ1) is 11.8. The molecule has 0 atom stereocenters. The molecule has 0 fully saturated rings. The van der Waals surface area contributed by atoms with Crippen LogP contribution in [0.15, 0.2) is 63.5 Å². The van der Waals surface area contributed by atoms with Gasteiger partial charge in [0.2, 0.25) is 5.91 Å². The normalized spacial score (nSPS) is 10.5. The van der Waals surface area contributed by atoms with Crippen LogP contribution in [0.3, 0.4) is 0 Å². The number of pyridine rings is 1. The number of thioether (sulfide) groups is 2. The van der Waals surface area contributed by atoms with E-state index in [9.17, 15) is 4.79 Å². The van der Waals surface area contributed by atoms with Crippen molar-refractivity contribution in [2.45, 2.75) is 15.1 Å². The lowest BCUT2D eigenvalue weighted by atomic mass is 10.2. The summed E-state index contributed by atoms with van der Waals surface area (Å²) in [5.41, 5.74) is 3.60. The first kappa shape index (κ1) is 16.9. The highest BCUT2D eigenvalue weighted by Crippen LogP contribution is 2.23. The van der Waals surface area contributed by atoms with Gasteiger partial charge in [-0.2, -0.15) is 0 Å². The molecule has 3 aromatic rings. The predicted octanol–water partition coefficient (Wildman–Crippen LogP) is 3.96. The second-order valence-electron chi connectivity index (χ2n) is 4.70. The van der Waals surface area contributed by atoms with Gasteiger partial charge in [-0.1, -0.05) is 41.3 Å². The number of aromatic nitrogens is 3. The summed E-state index contributed by atoms with van der Waals surface area (Å²) in [6.07, 6.45) is 1.79. The number of nitrogens with zero attached hydrogens (tertiary/aromatic N) is 3. The number of nitrogens with one attached hydrogen (secondary N) is 1. The van der Waals surface area contributed by atoms with Crippen LogP contribution in [0.2, 0.25) is 0 Å². The van der Waals surface area contributed by atoms with Crippen LogP contribution in [-0.2, 0) is 10.5 Å². The standard InChI is InChI=1S/C16H14N4OS3/c21-14(10-23-16-20-18-11-24-16)19-13-5-3-4-12(8-13)9-22-15-6-1-2-7-17-15/h1-8,11H,9-10H2,(H,19,21). The maximum Gasteiger partial charge on any atom is 0.234 e. The minimum absolute atomic E-state index is 0.0512. The van der Waals surface area contributed by atoms with E-state index in [2.05, 4.69) is 20.5 Å². The zero-order valence-corrected chi connectivity index (χ0v) is 15.0. The van der Waals surface area contributed by atoms with Crippen molar-refractivity contribution in [1.82, 2.24) is 15.2 Å². The van der Waals surface area contributed by atoms with Crippen molar-refractivity contribution in [2.24, 2.45) is 0 Å². The second-order valence-corrected chi connectivity index (χ2v) is 7.75. The lowest BCUT2D eigenvalue weighted by Crippen LogP contribution is -2.14. The zero-order valence-electron chi connectivity index (χ0n) is 12.6. The molecular weight excluding hydrogens is 360 g/mol. The topological polar surface area (TPSA) is 67.8 Å². The minimum Gasteiger partial charge on any atom is -0.325 e. The van der Waals surface area contributed by atoms with Gasteiger partial charge in [0.05, 0.1) is 10.8 Å². The van der Waals surface area contributed by atoms with Gasteiger partial charge in [0.1, 0.15) is 5.51 Å². The summed E-state index contributed by atoms with van der Waals surface area (Å²) in [7, 11) is 0. The Morgan fingerprint density at radius 2 is 2.12 bits per heavy atom. The molecule has 0 aliphatic carbocycles. The van der Waals surface area contributed by atoms with Gasteiger partial charge in [-0.15, -0.1) is 22.0 Å². The summed E-state index contributed by atoms with van der Waals surface area (Å²) in [6.45, 7) is 0. The molecule has 0 aliphatic rings. The van der Waals surface area contributed by atoms with E-state index in [4.69, 9.17) is 0 Å². The highest BCUT2D eigenvalue weighted by molar-refractivity contribution is 8.01. The van der Waals surface area contributed by atoms with Crippen LogP contribution in [0.5, 0.6) is 0 Å². The number of carbonyl (C=O) groups is 1. The molecule has 1 aromatic carbocycles. The summed E-state index contributed by atoms with van der Waals surface area (Å²) in [4.78, 5) is 16.3. The fraction of sp³-hybridized carbons (Fsp3) is 0.125. The SMILES string of the molecule is O=C(CSc1nncs1)Nc1cccc(CSc2ccccn2)c1. The van der Waals surface area contributed by atoms with Crippen molar-refractivity contribution < 1.29 is 4.79 Å². The number of carbonyl (C=O) groups excluding carboxylic acids is 1. The second kappa shape index (κ2) is 8.81. The van der Waals surface area contributed by atoms with Gasteiger partial charge in [-0.25, -0.2) is 4.98 Å². The molecule has 8 heteroatoms. The van der Waals surface area contributed by atoms with Crippen molar-refractivity contribution in [2.75, 3.05) is 11.1 Å². The lowest BCUT2D eigenvalue weighted by molar-refractivity contribution is -0.113. The minimum atomic E-state index is -0.0512. The molecule has 122 valence electrons. The Morgan fingerprint density at radius 1 is 1.17 bits per heavy atom. The molecular formula is C16H14N4OS3. The van der Waals surface area contributed by atoms with Crippen LogP contribution in [0, 0.1) is 0 Å². The molecule has 3 rings (SSSR count). The van der Waals surface area contributed by atoms with Gasteiger partial charge in [0.25, 0.3) is 0 Å². The van der Waals surface area contributed by atoms with Gasteiger partial charge in [-0.3, -0.25) is 4.79 Å². The van der Waals surface area contributed by atoms with E-state index < -0.39 is 0 Å². The molecule has 2 aromatic heterocycles. The molecule has 0 saturated carbocycles. The third-order valence-electron chi connectivity index (χ3n) is 2.90. The number of rotatable bonds is 7. The maximum absolute atomic E-state index is 12.0. The van der Waals surface area contributed by atoms with Crippen molar-refractivity contribution >= 4 is 46.5 Å². The van der Waals surface area contributed by atoms with Gasteiger partial charge in [-0.05, 0) is 29.8 Å². The molecule has 0 bridgehead atoms.